The largest absolute Gasteiger partial charge is 0.399 e. The maximum absolute atomic E-state index is 6.08. The lowest BCUT2D eigenvalue weighted by molar-refractivity contribution is 0.489. The van der Waals surface area contributed by atoms with Crippen LogP contribution in [0.5, 0.6) is 0 Å². The zero-order valence-electron chi connectivity index (χ0n) is 27.8. The van der Waals surface area contributed by atoms with Crippen LogP contribution in [0.2, 0.25) is 30.5 Å². The number of nitrogens with zero attached hydrogens (tertiary/aromatic N) is 9. The number of hydrazone groups is 1. The molecule has 0 bridgehead atoms. The smallest absolute Gasteiger partial charge is 0.308 e. The summed E-state index contributed by atoms with van der Waals surface area (Å²) in [5.41, 5.74) is 9.13. The van der Waals surface area contributed by atoms with E-state index < -0.39 is 0 Å². The first-order valence-corrected chi connectivity index (χ1v) is 18.3. The number of rotatable bonds is 3. The number of aromatic nitrogens is 6. The number of nitrogen functional groups attached to an aromatic ring is 1. The Morgan fingerprint density at radius 1 is 0.618 bits per heavy atom. The van der Waals surface area contributed by atoms with Gasteiger partial charge >= 0.3 is 5.82 Å². The number of aliphatic imine (C=N–C) groups is 1. The highest BCUT2D eigenvalue weighted by Gasteiger charge is 2.30. The minimum absolute atomic E-state index is 0.378. The van der Waals surface area contributed by atoms with Gasteiger partial charge in [0.1, 0.15) is 21.3 Å². The molecular weight excluding hydrogens is 849 g/mol. The lowest BCUT2D eigenvalue weighted by Crippen LogP contribution is -2.20. The fourth-order valence-electron chi connectivity index (χ4n) is 4.64. The van der Waals surface area contributed by atoms with E-state index >= 15 is 0 Å². The van der Waals surface area contributed by atoms with Crippen molar-refractivity contribution in [3.8, 4) is 0 Å². The van der Waals surface area contributed by atoms with Gasteiger partial charge in [-0.1, -0.05) is 104 Å². The first-order valence-electron chi connectivity index (χ1n) is 15.7. The van der Waals surface area contributed by atoms with Crippen LogP contribution < -0.4 is 16.4 Å². The second-order valence-electron chi connectivity index (χ2n) is 10.9. The summed E-state index contributed by atoms with van der Waals surface area (Å²) in [6.45, 7) is 0. The number of hydrogen-bond donors (Lipinski definition) is 3. The number of benzene rings is 3. The summed E-state index contributed by atoms with van der Waals surface area (Å²) in [6.07, 6.45) is 9.33. The van der Waals surface area contributed by atoms with Gasteiger partial charge in [-0.2, -0.15) is 14.7 Å². The Hall–Kier alpha value is -5.14. The van der Waals surface area contributed by atoms with Crippen molar-refractivity contribution in [2.45, 2.75) is 0 Å². The second-order valence-corrected chi connectivity index (χ2v) is 13.8. The number of halogens is 7. The van der Waals surface area contributed by atoms with Gasteiger partial charge in [0.2, 0.25) is 12.3 Å². The number of anilines is 4. The van der Waals surface area contributed by atoms with E-state index in [1.165, 1.54) is 9.52 Å². The van der Waals surface area contributed by atoms with Crippen molar-refractivity contribution < 1.29 is 0 Å². The van der Waals surface area contributed by atoms with Gasteiger partial charge in [0.05, 0.1) is 12.4 Å². The first-order chi connectivity index (χ1) is 26.5. The molecule has 7 aromatic rings. The number of nitrogens with two attached hydrogens (primary N) is 1. The number of fused-ring (bicyclic) bond motifs is 3. The normalized spacial score (nSPS) is 12.4. The minimum atomic E-state index is 0.378. The molecule has 0 unspecified atom stereocenters. The summed E-state index contributed by atoms with van der Waals surface area (Å²) in [5.74, 6) is 1.99. The molecule has 0 radical (unpaired) electrons. The van der Waals surface area contributed by atoms with Crippen LogP contribution in [0.3, 0.4) is 0 Å². The Morgan fingerprint density at radius 2 is 1.20 bits per heavy atom. The van der Waals surface area contributed by atoms with Gasteiger partial charge in [-0.15, -0.1) is 4.99 Å². The number of hydrogen-bond acceptors (Lipinski definition) is 10. The quantitative estimate of drug-likeness (QED) is 0.0690. The Labute approximate surface area is 349 Å². The molecule has 3 aromatic carbocycles. The third kappa shape index (κ3) is 11.0. The summed E-state index contributed by atoms with van der Waals surface area (Å²) in [6, 6.07) is 28.7. The number of allylic oxidation sites excluding steroid dienone is 1. The molecule has 0 atom stereocenters. The molecule has 0 amide bonds. The van der Waals surface area contributed by atoms with E-state index in [1.54, 1.807) is 71.5 Å². The molecule has 9 rings (SSSR count). The van der Waals surface area contributed by atoms with Crippen LogP contribution >= 0.6 is 81.2 Å². The maximum atomic E-state index is 6.08. The Morgan fingerprint density at radius 3 is 1.82 bits per heavy atom. The second kappa shape index (κ2) is 18.5. The molecular formula is C36H24Cl7N12+. The van der Waals surface area contributed by atoms with E-state index in [2.05, 4.69) is 47.1 Å². The van der Waals surface area contributed by atoms with Gasteiger partial charge < -0.3 is 16.4 Å². The van der Waals surface area contributed by atoms with Crippen molar-refractivity contribution in [1.82, 2.24) is 34.2 Å². The van der Waals surface area contributed by atoms with Crippen molar-refractivity contribution in [3.63, 3.8) is 0 Å². The molecule has 55 heavy (non-hydrogen) atoms. The first kappa shape index (κ1) is 39.6. The van der Waals surface area contributed by atoms with Gasteiger partial charge in [0.15, 0.2) is 22.3 Å². The van der Waals surface area contributed by atoms with Crippen molar-refractivity contribution in [2.24, 2.45) is 10.1 Å². The van der Waals surface area contributed by atoms with Crippen LogP contribution in [0.1, 0.15) is 0 Å². The van der Waals surface area contributed by atoms with Crippen LogP contribution in [-0.4, -0.2) is 46.3 Å². The topological polar surface area (TPSA) is 138 Å². The number of amidine groups is 1. The van der Waals surface area contributed by atoms with Gasteiger partial charge in [-0.05, 0) is 54.6 Å². The van der Waals surface area contributed by atoms with Crippen molar-refractivity contribution in [1.29, 1.82) is 0 Å². The molecule has 0 aliphatic carbocycles. The highest BCUT2D eigenvalue weighted by Crippen LogP contribution is 2.27. The van der Waals surface area contributed by atoms with E-state index in [-0.39, 0.29) is 0 Å². The minimum Gasteiger partial charge on any atom is -0.399 e. The number of nitrogens with one attached hydrogen (secondary N) is 2. The molecule has 2 aliphatic rings. The SMILES string of the molecule is ClC1=CC(Nc2cccc(Cl)c2)=NC2=C[C+]=NN12.Clc1cc(Cl)n2nccc2n1.Clc1cccc(Nc2cc(Cl)nc3ccnn23)c1.Nc1cccc(Cl)c1. The van der Waals surface area contributed by atoms with Crippen LogP contribution in [0.15, 0.2) is 143 Å². The standard InChI is InChI=1S/C12H7Cl2N4.C12H8Cl2N4.C6H3Cl2N3.C6H6ClN/c13-8-2-1-3-9(6-8)16-11-7-10(14)18-12(17-11)4-5-15-18;13-8-2-1-3-9(6-8)16-12-7-10(14)17-11-4-5-15-18(11)12;7-4-3-5(8)11-6(10-4)1-2-9-11;7-5-2-1-3-6(8)4-5/h1-4,6-7H,(H,16,17);1-7,16H;1-3H;1-4H,8H2/q+1;;;. The zero-order chi connectivity index (χ0) is 38.9. The monoisotopic (exact) mass is 869 g/mol. The summed E-state index contributed by atoms with van der Waals surface area (Å²) in [4.78, 5) is 12.5. The predicted molar refractivity (Wildman–Crippen MR) is 225 cm³/mol. The van der Waals surface area contributed by atoms with Crippen LogP contribution in [-0.2, 0) is 0 Å². The highest BCUT2D eigenvalue weighted by molar-refractivity contribution is 6.34. The Balaban J connectivity index is 0.000000131. The lowest BCUT2D eigenvalue weighted by atomic mass is 10.3. The summed E-state index contributed by atoms with van der Waals surface area (Å²) in [7, 11) is 0. The molecule has 12 nitrogen and oxygen atoms in total. The summed E-state index contributed by atoms with van der Waals surface area (Å²) < 4.78 is 3.18. The van der Waals surface area contributed by atoms with E-state index in [0.29, 0.717) is 64.3 Å². The molecule has 0 fully saturated rings. The molecule has 4 aromatic heterocycles. The summed E-state index contributed by atoms with van der Waals surface area (Å²) in [5, 5.41) is 23.6. The predicted octanol–water partition coefficient (Wildman–Crippen LogP) is 11.0. The van der Waals surface area contributed by atoms with Gasteiger partial charge in [0, 0.05) is 67.6 Å². The van der Waals surface area contributed by atoms with Crippen LogP contribution in [0.4, 0.5) is 22.9 Å². The molecule has 2 aliphatic heterocycles. The Bertz CT molecular complexity index is 2560. The van der Waals surface area contributed by atoms with E-state index in [4.69, 9.17) is 86.9 Å². The lowest BCUT2D eigenvalue weighted by Gasteiger charge is -2.13. The van der Waals surface area contributed by atoms with Crippen molar-refractivity contribution >= 4 is 127 Å². The van der Waals surface area contributed by atoms with Gasteiger partial charge in [0.25, 0.3) is 0 Å². The van der Waals surface area contributed by atoms with Crippen LogP contribution in [0, 0.1) is 0 Å². The molecule has 276 valence electrons. The molecule has 6 heterocycles. The molecule has 4 N–H and O–H groups in total. The van der Waals surface area contributed by atoms with Gasteiger partial charge in [-0.25, -0.2) is 14.5 Å². The molecule has 0 saturated carbocycles. The summed E-state index contributed by atoms with van der Waals surface area (Å²) >= 11 is 40.9. The van der Waals surface area contributed by atoms with Crippen LogP contribution in [0.25, 0.3) is 11.3 Å². The fourth-order valence-corrected chi connectivity index (χ4v) is 6.12. The third-order valence-corrected chi connectivity index (χ3v) is 8.55. The van der Waals surface area contributed by atoms with Gasteiger partial charge in [-0.3, -0.25) is 0 Å². The molecule has 0 saturated heterocycles. The third-order valence-electron chi connectivity index (χ3n) is 6.92. The molecule has 0 spiro atoms. The van der Waals surface area contributed by atoms with E-state index in [1.807, 2.05) is 54.6 Å². The fraction of sp³-hybridized carbons (Fsp3) is 0. The average molecular weight is 873 g/mol. The highest BCUT2D eigenvalue weighted by atomic mass is 35.5. The van der Waals surface area contributed by atoms with E-state index in [0.717, 1.165) is 17.2 Å². The van der Waals surface area contributed by atoms with Crippen molar-refractivity contribution in [2.75, 3.05) is 16.4 Å². The van der Waals surface area contributed by atoms with Crippen molar-refractivity contribution in [3.05, 3.63) is 163 Å². The average Bonchev–Trinajstić information content (AvgIpc) is 3.91. The Kier molecular flexibility index (Phi) is 13.3. The molecule has 19 heteroatoms. The maximum Gasteiger partial charge on any atom is 0.308 e. The zero-order valence-corrected chi connectivity index (χ0v) is 33.1. The van der Waals surface area contributed by atoms with E-state index in [9.17, 15) is 0 Å².